The van der Waals surface area contributed by atoms with Crippen LogP contribution in [0.5, 0.6) is 0 Å². The molecule has 40 heavy (non-hydrogen) atoms. The SMILES string of the molecule is CC(N)Nc1nc(CSCCN)c(SC2=C(C(=O)O)N3C(=O)[C@@H](NC(=O)/C(=N\O)c4nc(N)sc4Cl)[C@H]3SC2)s1. The van der Waals surface area contributed by atoms with Gasteiger partial charge in [-0.2, -0.15) is 11.8 Å². The van der Waals surface area contributed by atoms with E-state index in [1.165, 1.54) is 34.9 Å². The Kier molecular flexibility index (Phi) is 10.1. The average molecular weight is 666 g/mol. The fraction of sp³-hybridized carbons (Fsp3) is 0.400. The number of hydrogen-bond acceptors (Lipinski definition) is 16. The number of halogens is 1. The minimum Gasteiger partial charge on any atom is -0.477 e. The van der Waals surface area contributed by atoms with Crippen LogP contribution in [0.2, 0.25) is 4.34 Å². The van der Waals surface area contributed by atoms with E-state index in [1.54, 1.807) is 18.7 Å². The number of carboxylic acids is 1. The maximum atomic E-state index is 13.1. The summed E-state index contributed by atoms with van der Waals surface area (Å²) in [5.74, 6) is -1.23. The topological polar surface area (TPSA) is 235 Å². The standard InChI is InChI=1S/C20H24ClN9O5S5/c1-6(23)25-20-26-7(4-36-3-2-22)18(40-20)38-8-5-37-16-11(15(32)30(16)12(8)17(33)34)27-14(31)10(29-35)9-13(21)39-19(24)28-9/h6,11,16,35H,2-5,22-23H2,1H3,(H2,24,28)(H,25,26)(H,27,31)(H,33,34)/b29-10-/t6?,11-,16-/m1/s1. The maximum Gasteiger partial charge on any atom is 0.353 e. The Labute approximate surface area is 253 Å². The fourth-order valence-corrected chi connectivity index (χ4v) is 9.39. The Balaban J connectivity index is 1.54. The van der Waals surface area contributed by atoms with Crippen molar-refractivity contribution in [3.63, 3.8) is 0 Å². The normalized spacial score (nSPS) is 19.8. The lowest BCUT2D eigenvalue weighted by atomic mass is 10.0. The van der Waals surface area contributed by atoms with Crippen LogP contribution in [0.1, 0.15) is 18.3 Å². The number of fused-ring (bicyclic) bond motifs is 1. The largest absolute Gasteiger partial charge is 0.477 e. The van der Waals surface area contributed by atoms with Gasteiger partial charge in [0.25, 0.3) is 11.8 Å². The van der Waals surface area contributed by atoms with Gasteiger partial charge in [-0.3, -0.25) is 14.5 Å². The summed E-state index contributed by atoms with van der Waals surface area (Å²) in [7, 11) is 0. The molecule has 4 rings (SSSR count). The number of thioether (sulfide) groups is 3. The molecule has 10 N–H and O–H groups in total. The quantitative estimate of drug-likeness (QED) is 0.0424. The van der Waals surface area contributed by atoms with E-state index in [4.69, 9.17) is 28.8 Å². The van der Waals surface area contributed by atoms with Crippen LogP contribution in [0.25, 0.3) is 0 Å². The van der Waals surface area contributed by atoms with E-state index in [9.17, 15) is 24.7 Å². The van der Waals surface area contributed by atoms with E-state index in [0.717, 1.165) is 31.9 Å². The summed E-state index contributed by atoms with van der Waals surface area (Å²) in [4.78, 5) is 48.4. The highest BCUT2D eigenvalue weighted by Crippen LogP contribution is 2.47. The Morgan fingerprint density at radius 1 is 1.35 bits per heavy atom. The molecule has 0 aliphatic carbocycles. The van der Waals surface area contributed by atoms with E-state index in [-0.39, 0.29) is 32.8 Å². The lowest BCUT2D eigenvalue weighted by Crippen LogP contribution is -2.71. The molecule has 0 aromatic carbocycles. The molecule has 2 aliphatic rings. The third-order valence-corrected chi connectivity index (χ3v) is 11.2. The molecule has 2 aromatic rings. The highest BCUT2D eigenvalue weighted by Gasteiger charge is 2.54. The number of carboxylic acid groups (broad SMARTS) is 1. The summed E-state index contributed by atoms with van der Waals surface area (Å²) in [5.41, 5.74) is 17.0. The minimum atomic E-state index is -1.27. The molecule has 2 aliphatic heterocycles. The number of aromatic nitrogens is 2. The maximum absolute atomic E-state index is 13.1. The molecule has 20 heteroatoms. The number of oxime groups is 1. The van der Waals surface area contributed by atoms with Crippen LogP contribution in [-0.4, -0.2) is 84.3 Å². The van der Waals surface area contributed by atoms with E-state index in [2.05, 4.69) is 25.8 Å². The van der Waals surface area contributed by atoms with Gasteiger partial charge in [-0.15, -0.1) is 11.8 Å². The molecule has 1 unspecified atom stereocenters. The lowest BCUT2D eigenvalue weighted by Gasteiger charge is -2.49. The van der Waals surface area contributed by atoms with Gasteiger partial charge in [-0.05, 0) is 6.92 Å². The molecule has 2 aromatic heterocycles. The second-order valence-corrected chi connectivity index (χ2v) is 14.4. The van der Waals surface area contributed by atoms with Crippen molar-refractivity contribution >= 4 is 103 Å². The molecule has 216 valence electrons. The number of anilines is 2. The van der Waals surface area contributed by atoms with Crippen molar-refractivity contribution in [2.45, 2.75) is 34.5 Å². The van der Waals surface area contributed by atoms with Crippen LogP contribution in [-0.2, 0) is 20.1 Å². The van der Waals surface area contributed by atoms with Crippen LogP contribution in [0.4, 0.5) is 10.3 Å². The van der Waals surface area contributed by atoms with E-state index >= 15 is 0 Å². The van der Waals surface area contributed by atoms with Gasteiger partial charge in [0, 0.05) is 28.7 Å². The van der Waals surface area contributed by atoms with E-state index in [1.807, 2.05) is 0 Å². The molecule has 0 radical (unpaired) electrons. The summed E-state index contributed by atoms with van der Waals surface area (Å²) in [6.45, 7) is 2.29. The van der Waals surface area contributed by atoms with Gasteiger partial charge in [0.2, 0.25) is 0 Å². The summed E-state index contributed by atoms with van der Waals surface area (Å²) >= 11 is 12.4. The molecule has 2 amide bonds. The van der Waals surface area contributed by atoms with Gasteiger partial charge in [0.15, 0.2) is 16.0 Å². The number of amides is 2. The van der Waals surface area contributed by atoms with Crippen LogP contribution in [0.15, 0.2) is 20.0 Å². The van der Waals surface area contributed by atoms with Crippen LogP contribution in [0, 0.1) is 0 Å². The molecule has 0 saturated carbocycles. The van der Waals surface area contributed by atoms with Crippen LogP contribution < -0.4 is 27.8 Å². The van der Waals surface area contributed by atoms with E-state index < -0.39 is 34.9 Å². The number of nitrogen functional groups attached to an aromatic ring is 1. The summed E-state index contributed by atoms with van der Waals surface area (Å²) in [6.07, 6.45) is -0.334. The highest BCUT2D eigenvalue weighted by molar-refractivity contribution is 8.07. The number of carbonyl (C=O) groups is 3. The van der Waals surface area contributed by atoms with Crippen LogP contribution in [0.3, 0.4) is 0 Å². The molecule has 4 heterocycles. The van der Waals surface area contributed by atoms with Crippen molar-refractivity contribution in [2.24, 2.45) is 16.6 Å². The van der Waals surface area contributed by atoms with Crippen molar-refractivity contribution in [3.05, 3.63) is 26.3 Å². The first-order valence-corrected chi connectivity index (χ1v) is 16.4. The van der Waals surface area contributed by atoms with Gasteiger partial charge in [-0.25, -0.2) is 14.8 Å². The number of nitrogens with two attached hydrogens (primary N) is 3. The zero-order chi connectivity index (χ0) is 29.1. The summed E-state index contributed by atoms with van der Waals surface area (Å²) in [6, 6.07) is -1.06. The number of nitrogens with zero attached hydrogens (tertiary/aromatic N) is 4. The summed E-state index contributed by atoms with van der Waals surface area (Å²) in [5, 5.41) is 28.0. The second-order valence-electron chi connectivity index (χ2n) is 8.19. The summed E-state index contributed by atoms with van der Waals surface area (Å²) < 4.78 is 0.816. The Morgan fingerprint density at radius 3 is 2.70 bits per heavy atom. The molecular weight excluding hydrogens is 642 g/mol. The van der Waals surface area contributed by atoms with Gasteiger partial charge < -0.3 is 38.1 Å². The van der Waals surface area contributed by atoms with Crippen molar-refractivity contribution in [1.82, 2.24) is 20.2 Å². The average Bonchev–Trinajstić information content (AvgIpc) is 3.42. The molecular formula is C20H24ClN9O5S5. The first-order chi connectivity index (χ1) is 19.0. The van der Waals surface area contributed by atoms with Gasteiger partial charge >= 0.3 is 5.97 Å². The number of β-lactam (4-membered cyclic amide) rings is 1. The predicted molar refractivity (Wildman–Crippen MR) is 160 cm³/mol. The van der Waals surface area contributed by atoms with E-state index in [0.29, 0.717) is 22.3 Å². The number of thiazole rings is 2. The third-order valence-electron chi connectivity index (χ3n) is 5.29. The molecule has 1 fully saturated rings. The minimum absolute atomic E-state index is 0.0370. The van der Waals surface area contributed by atoms with Gasteiger partial charge in [-0.1, -0.05) is 51.2 Å². The number of aliphatic carboxylic acids is 1. The predicted octanol–water partition coefficient (Wildman–Crippen LogP) is 1.41. The van der Waals surface area contributed by atoms with Crippen LogP contribution >= 0.6 is 69.6 Å². The third kappa shape index (κ3) is 6.46. The Morgan fingerprint density at radius 2 is 2.10 bits per heavy atom. The number of carbonyl (C=O) groups excluding carboxylic acids is 2. The zero-order valence-electron chi connectivity index (χ0n) is 20.6. The Bertz CT molecular complexity index is 1380. The first kappa shape index (κ1) is 30.7. The smallest absolute Gasteiger partial charge is 0.353 e. The molecule has 14 nitrogen and oxygen atoms in total. The van der Waals surface area contributed by atoms with Crippen molar-refractivity contribution in [1.29, 1.82) is 0 Å². The number of rotatable bonds is 12. The molecule has 0 spiro atoms. The van der Waals surface area contributed by atoms with Gasteiger partial charge in [0.1, 0.15) is 27.1 Å². The molecule has 0 bridgehead atoms. The fourth-order valence-electron chi connectivity index (χ4n) is 3.67. The lowest BCUT2D eigenvalue weighted by molar-refractivity contribution is -0.150. The monoisotopic (exact) mass is 665 g/mol. The number of nitrogens with one attached hydrogen (secondary N) is 2. The zero-order valence-corrected chi connectivity index (χ0v) is 25.5. The highest BCUT2D eigenvalue weighted by atomic mass is 35.5. The van der Waals surface area contributed by atoms with Gasteiger partial charge in [0.05, 0.1) is 16.1 Å². The van der Waals surface area contributed by atoms with Crippen molar-refractivity contribution < 1.29 is 24.7 Å². The molecule has 3 atom stereocenters. The van der Waals surface area contributed by atoms with Crippen molar-refractivity contribution in [2.75, 3.05) is 29.1 Å². The first-order valence-electron chi connectivity index (χ1n) is 11.4. The Hall–Kier alpha value is -2.26. The molecule has 1 saturated heterocycles. The van der Waals surface area contributed by atoms with Crippen molar-refractivity contribution in [3.8, 4) is 0 Å². The number of hydrogen-bond donors (Lipinski definition) is 7. The second kappa shape index (κ2) is 13.1.